The highest BCUT2D eigenvalue weighted by Crippen LogP contribution is 2.27. The van der Waals surface area contributed by atoms with Crippen molar-refractivity contribution < 1.29 is 18.8 Å². The summed E-state index contributed by atoms with van der Waals surface area (Å²) < 4.78 is 11.1. The lowest BCUT2D eigenvalue weighted by molar-refractivity contribution is -0.130. The van der Waals surface area contributed by atoms with E-state index >= 15 is 0 Å². The Labute approximate surface area is 161 Å². The van der Waals surface area contributed by atoms with Crippen molar-refractivity contribution in [2.45, 2.75) is 32.3 Å². The van der Waals surface area contributed by atoms with Gasteiger partial charge in [0.1, 0.15) is 17.3 Å². The fourth-order valence-electron chi connectivity index (χ4n) is 3.48. The number of furan rings is 1. The van der Waals surface area contributed by atoms with Gasteiger partial charge in [-0.25, -0.2) is 0 Å². The van der Waals surface area contributed by atoms with Crippen LogP contribution in [0.25, 0.3) is 10.6 Å². The summed E-state index contributed by atoms with van der Waals surface area (Å²) in [6.07, 6.45) is 0.989. The van der Waals surface area contributed by atoms with Gasteiger partial charge in [-0.05, 0) is 30.5 Å². The largest absolute Gasteiger partial charge is 0.460 e. The second kappa shape index (κ2) is 7.70. The molecule has 1 saturated heterocycles. The number of aliphatic hydroxyl groups excluding tert-OH is 1. The predicted molar refractivity (Wildman–Crippen MR) is 101 cm³/mol. The normalized spacial score (nSPS) is 19.7. The summed E-state index contributed by atoms with van der Waals surface area (Å²) in [4.78, 5) is 15.4. The summed E-state index contributed by atoms with van der Waals surface area (Å²) in [5.41, 5.74) is 0.825. The van der Waals surface area contributed by atoms with Crippen LogP contribution in [-0.4, -0.2) is 40.3 Å². The molecule has 0 radical (unpaired) electrons. The minimum Gasteiger partial charge on any atom is -0.460 e. The zero-order valence-corrected chi connectivity index (χ0v) is 15.9. The minimum absolute atomic E-state index is 0.0182. The van der Waals surface area contributed by atoms with Crippen LogP contribution in [-0.2, 0) is 17.6 Å². The Balaban J connectivity index is 1.30. The first-order valence-corrected chi connectivity index (χ1v) is 9.97. The maximum atomic E-state index is 12.5. The van der Waals surface area contributed by atoms with Gasteiger partial charge in [0, 0.05) is 44.3 Å². The lowest BCUT2D eigenvalue weighted by Crippen LogP contribution is -2.29. The number of carbonyl (C=O) groups is 1. The molecule has 1 fully saturated rings. The second-order valence-electron chi connectivity index (χ2n) is 7.01. The Kier molecular flexibility index (Phi) is 5.13. The number of thiophene rings is 1. The fourth-order valence-corrected chi connectivity index (χ4v) is 4.17. The Bertz CT molecular complexity index is 899. The van der Waals surface area contributed by atoms with Crippen LogP contribution in [0.4, 0.5) is 0 Å². The van der Waals surface area contributed by atoms with E-state index in [2.05, 4.69) is 5.16 Å². The van der Waals surface area contributed by atoms with Crippen molar-refractivity contribution in [1.82, 2.24) is 10.1 Å². The molecular formula is C20H22N2O4S. The topological polar surface area (TPSA) is 79.7 Å². The molecule has 4 heterocycles. The van der Waals surface area contributed by atoms with Crippen LogP contribution in [0.5, 0.6) is 0 Å². The van der Waals surface area contributed by atoms with Crippen LogP contribution in [0, 0.1) is 12.8 Å². The SMILES string of the molecule is Cc1cc(C[C@@H]2CN(C(=O)CCc3ccc(-c4cccs4)o3)C[C@H]2O)on1. The van der Waals surface area contributed by atoms with Crippen LogP contribution in [0.1, 0.15) is 23.6 Å². The Morgan fingerprint density at radius 3 is 2.96 bits per heavy atom. The number of β-amino-alcohol motifs (C(OH)–C–C–N with tert-alkyl or cyclic N) is 1. The number of hydrogen-bond acceptors (Lipinski definition) is 6. The van der Waals surface area contributed by atoms with Gasteiger partial charge in [-0.3, -0.25) is 4.79 Å². The fraction of sp³-hybridized carbons (Fsp3) is 0.400. The first-order chi connectivity index (χ1) is 13.1. The van der Waals surface area contributed by atoms with Gasteiger partial charge < -0.3 is 18.9 Å². The molecule has 0 aliphatic carbocycles. The molecule has 27 heavy (non-hydrogen) atoms. The first kappa shape index (κ1) is 18.0. The highest BCUT2D eigenvalue weighted by atomic mass is 32.1. The third-order valence-electron chi connectivity index (χ3n) is 4.91. The summed E-state index contributed by atoms with van der Waals surface area (Å²) in [5, 5.41) is 16.2. The number of aromatic nitrogens is 1. The highest BCUT2D eigenvalue weighted by molar-refractivity contribution is 7.13. The molecule has 3 aromatic heterocycles. The quantitative estimate of drug-likeness (QED) is 0.703. The highest BCUT2D eigenvalue weighted by Gasteiger charge is 2.34. The zero-order valence-electron chi connectivity index (χ0n) is 15.1. The molecule has 0 saturated carbocycles. The molecule has 0 spiro atoms. The van der Waals surface area contributed by atoms with Crippen LogP contribution in [0.15, 0.2) is 44.7 Å². The molecule has 1 aliphatic rings. The first-order valence-electron chi connectivity index (χ1n) is 9.09. The molecule has 1 amide bonds. The van der Waals surface area contributed by atoms with Gasteiger partial charge in [0.15, 0.2) is 0 Å². The number of carbonyl (C=O) groups excluding carboxylic acids is 1. The molecule has 0 unspecified atom stereocenters. The van der Waals surface area contributed by atoms with Gasteiger partial charge in [0.25, 0.3) is 0 Å². The Morgan fingerprint density at radius 2 is 2.22 bits per heavy atom. The van der Waals surface area contributed by atoms with Crippen LogP contribution in [0.2, 0.25) is 0 Å². The van der Waals surface area contributed by atoms with Crippen LogP contribution in [0.3, 0.4) is 0 Å². The van der Waals surface area contributed by atoms with Gasteiger partial charge in [0.2, 0.25) is 5.91 Å². The summed E-state index contributed by atoms with van der Waals surface area (Å²) in [7, 11) is 0. The number of hydrogen-bond donors (Lipinski definition) is 1. The van der Waals surface area contributed by atoms with Gasteiger partial charge in [0.05, 0.1) is 16.7 Å². The van der Waals surface area contributed by atoms with Crippen molar-refractivity contribution in [2.24, 2.45) is 5.92 Å². The summed E-state index contributed by atoms with van der Waals surface area (Å²) >= 11 is 1.63. The van der Waals surface area contributed by atoms with E-state index in [1.165, 1.54) is 0 Å². The van der Waals surface area contributed by atoms with Crippen molar-refractivity contribution in [1.29, 1.82) is 0 Å². The average molecular weight is 386 g/mol. The monoisotopic (exact) mass is 386 g/mol. The molecular weight excluding hydrogens is 364 g/mol. The predicted octanol–water partition coefficient (Wildman–Crippen LogP) is 3.30. The smallest absolute Gasteiger partial charge is 0.223 e. The Morgan fingerprint density at radius 1 is 1.33 bits per heavy atom. The second-order valence-corrected chi connectivity index (χ2v) is 7.96. The number of aryl methyl sites for hydroxylation is 2. The number of rotatable bonds is 6. The molecule has 1 aliphatic heterocycles. The number of likely N-dealkylation sites (tertiary alicyclic amines) is 1. The van der Waals surface area contributed by atoms with Gasteiger partial charge >= 0.3 is 0 Å². The van der Waals surface area contributed by atoms with E-state index in [0.29, 0.717) is 32.4 Å². The van der Waals surface area contributed by atoms with Crippen molar-refractivity contribution in [2.75, 3.05) is 13.1 Å². The third kappa shape index (κ3) is 4.14. The van der Waals surface area contributed by atoms with E-state index in [0.717, 1.165) is 27.9 Å². The lowest BCUT2D eigenvalue weighted by Gasteiger charge is -2.15. The molecule has 4 rings (SSSR count). The molecule has 0 aromatic carbocycles. The van der Waals surface area contributed by atoms with Crippen molar-refractivity contribution in [3.8, 4) is 10.6 Å². The maximum absolute atomic E-state index is 12.5. The number of amides is 1. The molecule has 3 aromatic rings. The molecule has 7 heteroatoms. The van der Waals surface area contributed by atoms with Crippen LogP contribution < -0.4 is 0 Å². The average Bonchev–Trinajstić information content (AvgIpc) is 3.41. The van der Waals surface area contributed by atoms with Crippen LogP contribution >= 0.6 is 11.3 Å². The van der Waals surface area contributed by atoms with E-state index in [4.69, 9.17) is 8.94 Å². The van der Waals surface area contributed by atoms with Gasteiger partial charge in [-0.2, -0.15) is 0 Å². The molecule has 2 atom stereocenters. The number of nitrogens with zero attached hydrogens (tertiary/aromatic N) is 2. The molecule has 1 N–H and O–H groups in total. The van der Waals surface area contributed by atoms with E-state index in [1.807, 2.05) is 42.6 Å². The summed E-state index contributed by atoms with van der Waals surface area (Å²) in [6, 6.07) is 9.75. The van der Waals surface area contributed by atoms with Crippen molar-refractivity contribution in [3.63, 3.8) is 0 Å². The maximum Gasteiger partial charge on any atom is 0.223 e. The van der Waals surface area contributed by atoms with E-state index < -0.39 is 6.10 Å². The molecule has 0 bridgehead atoms. The number of aliphatic hydroxyl groups is 1. The van der Waals surface area contributed by atoms with Gasteiger partial charge in [-0.1, -0.05) is 11.2 Å². The van der Waals surface area contributed by atoms with E-state index in [-0.39, 0.29) is 11.8 Å². The Hall–Kier alpha value is -2.38. The summed E-state index contributed by atoms with van der Waals surface area (Å²) in [5.74, 6) is 2.42. The van der Waals surface area contributed by atoms with Gasteiger partial charge in [-0.15, -0.1) is 11.3 Å². The lowest BCUT2D eigenvalue weighted by atomic mass is 10.0. The standard InChI is InChI=1S/C20H22N2O4S/c1-13-9-16(26-21-13)10-14-11-22(12-17(14)23)20(24)7-5-15-4-6-18(25-15)19-3-2-8-27-19/h2-4,6,8-9,14,17,23H,5,7,10-12H2,1H3/t14-,17-/m1/s1. The molecule has 6 nitrogen and oxygen atoms in total. The van der Waals surface area contributed by atoms with E-state index in [9.17, 15) is 9.90 Å². The third-order valence-corrected chi connectivity index (χ3v) is 5.79. The minimum atomic E-state index is -0.534. The van der Waals surface area contributed by atoms with E-state index in [1.54, 1.807) is 16.2 Å². The van der Waals surface area contributed by atoms with Crippen molar-refractivity contribution >= 4 is 17.2 Å². The van der Waals surface area contributed by atoms with Crippen molar-refractivity contribution in [3.05, 3.63) is 52.9 Å². The molecule has 142 valence electrons. The zero-order chi connectivity index (χ0) is 18.8. The summed E-state index contributed by atoms with van der Waals surface area (Å²) in [6.45, 7) is 2.78.